The van der Waals surface area contributed by atoms with E-state index in [2.05, 4.69) is 0 Å². The fraction of sp³-hybridized carbons (Fsp3) is 0.200. The molecule has 0 aliphatic carbocycles. The molecule has 1 heterocycles. The zero-order chi connectivity index (χ0) is 14.8. The summed E-state index contributed by atoms with van der Waals surface area (Å²) < 4.78 is 10.9. The molecule has 0 saturated carbocycles. The Morgan fingerprint density at radius 3 is 2.86 bits per heavy atom. The van der Waals surface area contributed by atoms with Crippen LogP contribution in [0, 0.1) is 0 Å². The van der Waals surface area contributed by atoms with Gasteiger partial charge in [0.2, 0.25) is 0 Å². The summed E-state index contributed by atoms with van der Waals surface area (Å²) in [6, 6.07) is 9.24. The molecule has 0 atom stereocenters. The van der Waals surface area contributed by atoms with Gasteiger partial charge in [-0.05, 0) is 30.3 Å². The molecule has 6 heteroatoms. The Bertz CT molecular complexity index is 679. The van der Waals surface area contributed by atoms with E-state index in [-0.39, 0.29) is 6.79 Å². The van der Waals surface area contributed by atoms with Crippen LogP contribution in [0.1, 0.15) is 11.1 Å². The van der Waals surface area contributed by atoms with E-state index in [1.807, 2.05) is 24.3 Å². The highest BCUT2D eigenvalue weighted by Gasteiger charge is 2.16. The number of halogens is 2. The maximum Gasteiger partial charge on any atom is 0.189 e. The molecule has 0 fully saturated rings. The smallest absolute Gasteiger partial charge is 0.189 e. The molecular weight excluding hydrogens is 329 g/mol. The van der Waals surface area contributed by atoms with Gasteiger partial charge in [-0.2, -0.15) is 0 Å². The van der Waals surface area contributed by atoms with Crippen molar-refractivity contribution in [2.24, 2.45) is 0 Å². The predicted octanol–water partition coefficient (Wildman–Crippen LogP) is 4.73. The van der Waals surface area contributed by atoms with Crippen LogP contribution < -0.4 is 10.5 Å². The first-order chi connectivity index (χ1) is 10.1. The van der Waals surface area contributed by atoms with Crippen molar-refractivity contribution in [3.63, 3.8) is 0 Å². The highest BCUT2D eigenvalue weighted by Crippen LogP contribution is 2.37. The number of nitrogens with two attached hydrogens (primary N) is 1. The minimum atomic E-state index is 0.269. The second-order valence-corrected chi connectivity index (χ2v) is 6.52. The maximum atomic E-state index is 6.15. The molecule has 0 spiro atoms. The van der Waals surface area contributed by atoms with Crippen LogP contribution in [0.5, 0.6) is 5.75 Å². The first-order valence-corrected chi connectivity index (χ1v) is 8.07. The van der Waals surface area contributed by atoms with Gasteiger partial charge in [0.05, 0.1) is 6.61 Å². The van der Waals surface area contributed by atoms with Crippen molar-refractivity contribution in [1.29, 1.82) is 0 Å². The number of hydrogen-bond donors (Lipinski definition) is 1. The number of ether oxygens (including phenoxy) is 2. The molecule has 2 N–H and O–H groups in total. The quantitative estimate of drug-likeness (QED) is 0.647. The van der Waals surface area contributed by atoms with Crippen LogP contribution in [0.2, 0.25) is 10.0 Å². The number of thioether (sulfide) groups is 1. The van der Waals surface area contributed by atoms with Crippen LogP contribution in [-0.4, -0.2) is 6.79 Å². The number of hydrogen-bond acceptors (Lipinski definition) is 4. The van der Waals surface area contributed by atoms with Gasteiger partial charge >= 0.3 is 0 Å². The topological polar surface area (TPSA) is 44.5 Å². The zero-order valence-corrected chi connectivity index (χ0v) is 13.4. The average molecular weight is 342 g/mol. The fourth-order valence-electron chi connectivity index (χ4n) is 2.15. The second kappa shape index (κ2) is 6.36. The molecular formula is C15H13Cl2NO2S. The maximum absolute atomic E-state index is 6.15. The summed E-state index contributed by atoms with van der Waals surface area (Å²) in [5, 5.41) is 1.35. The van der Waals surface area contributed by atoms with Crippen LogP contribution in [0.3, 0.4) is 0 Å². The van der Waals surface area contributed by atoms with Crippen molar-refractivity contribution in [2.45, 2.75) is 17.3 Å². The van der Waals surface area contributed by atoms with Gasteiger partial charge in [0.25, 0.3) is 0 Å². The molecule has 3 nitrogen and oxygen atoms in total. The van der Waals surface area contributed by atoms with E-state index in [1.54, 1.807) is 17.8 Å². The Hall–Kier alpha value is -1.07. The number of nitrogen functional groups attached to an aromatic ring is 1. The first kappa shape index (κ1) is 14.9. The van der Waals surface area contributed by atoms with E-state index in [1.165, 1.54) is 0 Å². The minimum absolute atomic E-state index is 0.269. The van der Waals surface area contributed by atoms with Gasteiger partial charge < -0.3 is 15.2 Å². The van der Waals surface area contributed by atoms with Crippen LogP contribution in [0.25, 0.3) is 0 Å². The molecule has 0 aromatic heterocycles. The Labute approximate surface area is 137 Å². The third-order valence-electron chi connectivity index (χ3n) is 3.11. The number of fused-ring (bicyclic) bond motifs is 1. The molecule has 1 aliphatic rings. The van der Waals surface area contributed by atoms with E-state index in [0.717, 1.165) is 21.8 Å². The van der Waals surface area contributed by atoms with Crippen molar-refractivity contribution < 1.29 is 9.47 Å². The zero-order valence-electron chi connectivity index (χ0n) is 11.1. The van der Waals surface area contributed by atoms with Gasteiger partial charge in [0.1, 0.15) is 5.75 Å². The summed E-state index contributed by atoms with van der Waals surface area (Å²) in [4.78, 5) is 0.947. The monoisotopic (exact) mass is 341 g/mol. The molecule has 1 aliphatic heterocycles. The Kier molecular flexibility index (Phi) is 4.50. The fourth-order valence-corrected chi connectivity index (χ4v) is 3.62. The largest absolute Gasteiger partial charge is 0.467 e. The lowest BCUT2D eigenvalue weighted by Crippen LogP contribution is -2.12. The minimum Gasteiger partial charge on any atom is -0.467 e. The van der Waals surface area contributed by atoms with Crippen molar-refractivity contribution in [3.8, 4) is 5.75 Å². The number of anilines is 1. The molecule has 2 aromatic carbocycles. The van der Waals surface area contributed by atoms with Crippen molar-refractivity contribution in [2.75, 3.05) is 12.5 Å². The van der Waals surface area contributed by atoms with Gasteiger partial charge in [-0.1, -0.05) is 23.2 Å². The third kappa shape index (κ3) is 3.40. The molecule has 0 saturated heterocycles. The van der Waals surface area contributed by atoms with Crippen LogP contribution in [-0.2, 0) is 17.1 Å². The second-order valence-electron chi connectivity index (χ2n) is 4.63. The Balaban J connectivity index is 1.85. The van der Waals surface area contributed by atoms with Crippen LogP contribution in [0.15, 0.2) is 35.2 Å². The van der Waals surface area contributed by atoms with Crippen molar-refractivity contribution in [1.82, 2.24) is 0 Å². The lowest BCUT2D eigenvalue weighted by atomic mass is 10.1. The average Bonchev–Trinajstić information content (AvgIpc) is 2.47. The van der Waals surface area contributed by atoms with Crippen LogP contribution in [0.4, 0.5) is 5.69 Å². The van der Waals surface area contributed by atoms with E-state index in [0.29, 0.717) is 28.1 Å². The summed E-state index contributed by atoms with van der Waals surface area (Å²) in [5.41, 5.74) is 8.69. The summed E-state index contributed by atoms with van der Waals surface area (Å²) >= 11 is 13.8. The lowest BCUT2D eigenvalue weighted by molar-refractivity contribution is -0.0168. The highest BCUT2D eigenvalue weighted by atomic mass is 35.5. The molecule has 0 radical (unpaired) electrons. The molecule has 0 amide bonds. The molecule has 110 valence electrons. The molecule has 2 aromatic rings. The molecule has 0 bridgehead atoms. The van der Waals surface area contributed by atoms with E-state index in [4.69, 9.17) is 38.4 Å². The van der Waals surface area contributed by atoms with Gasteiger partial charge in [0.15, 0.2) is 6.79 Å². The van der Waals surface area contributed by atoms with Gasteiger partial charge in [0, 0.05) is 37.5 Å². The predicted molar refractivity (Wildman–Crippen MR) is 87.2 cm³/mol. The molecule has 21 heavy (non-hydrogen) atoms. The summed E-state index contributed by atoms with van der Waals surface area (Å²) in [7, 11) is 0. The normalized spacial score (nSPS) is 13.6. The first-order valence-electron chi connectivity index (χ1n) is 6.33. The summed E-state index contributed by atoms with van der Waals surface area (Å²) in [6.45, 7) is 0.790. The number of rotatable bonds is 3. The van der Waals surface area contributed by atoms with Crippen molar-refractivity contribution >= 4 is 40.7 Å². The SMILES string of the molecule is Nc1ccc(Cl)cc1SCc1cc(Cl)cc2c1OCOC2. The standard InChI is InChI=1S/C15H13Cl2NO2S/c16-11-1-2-13(18)14(5-11)21-7-10-4-12(17)3-9-6-19-8-20-15(9)10/h1-5H,6-8,18H2. The highest BCUT2D eigenvalue weighted by molar-refractivity contribution is 7.98. The van der Waals surface area contributed by atoms with Crippen LogP contribution >= 0.6 is 35.0 Å². The molecule has 0 unspecified atom stereocenters. The van der Waals surface area contributed by atoms with Gasteiger partial charge in [-0.3, -0.25) is 0 Å². The van der Waals surface area contributed by atoms with Gasteiger partial charge in [-0.25, -0.2) is 0 Å². The van der Waals surface area contributed by atoms with Crippen molar-refractivity contribution in [3.05, 3.63) is 51.5 Å². The van der Waals surface area contributed by atoms with Gasteiger partial charge in [-0.15, -0.1) is 11.8 Å². The summed E-state index contributed by atoms with van der Waals surface area (Å²) in [5.74, 6) is 1.56. The Morgan fingerprint density at radius 2 is 2.00 bits per heavy atom. The van der Waals surface area contributed by atoms with E-state index in [9.17, 15) is 0 Å². The molecule has 3 rings (SSSR count). The number of benzene rings is 2. The van der Waals surface area contributed by atoms with E-state index >= 15 is 0 Å². The summed E-state index contributed by atoms with van der Waals surface area (Å²) in [6.07, 6.45) is 0. The Morgan fingerprint density at radius 1 is 1.14 bits per heavy atom. The lowest BCUT2D eigenvalue weighted by Gasteiger charge is -2.21. The third-order valence-corrected chi connectivity index (χ3v) is 4.68. The van der Waals surface area contributed by atoms with E-state index < -0.39 is 0 Å².